The van der Waals surface area contributed by atoms with Crippen LogP contribution in [0.25, 0.3) is 0 Å². The summed E-state index contributed by atoms with van der Waals surface area (Å²) in [6.07, 6.45) is 4.22. The molecule has 15 heavy (non-hydrogen) atoms. The normalized spacial score (nSPS) is 26.6. The number of rotatable bonds is 1. The van der Waals surface area contributed by atoms with Gasteiger partial charge in [-0.1, -0.05) is 18.9 Å². The third-order valence-electron chi connectivity index (χ3n) is 3.19. The van der Waals surface area contributed by atoms with Gasteiger partial charge in [-0.25, -0.2) is 8.78 Å². The Bertz CT molecular complexity index is 351. The van der Waals surface area contributed by atoms with Gasteiger partial charge in [0.05, 0.1) is 0 Å². The molecule has 0 bridgehead atoms. The van der Waals surface area contributed by atoms with Crippen molar-refractivity contribution in [2.75, 3.05) is 0 Å². The quantitative estimate of drug-likeness (QED) is 0.759. The smallest absolute Gasteiger partial charge is 0.159 e. The van der Waals surface area contributed by atoms with Crippen molar-refractivity contribution in [1.29, 1.82) is 0 Å². The molecule has 2 rings (SSSR count). The average molecular weight is 211 g/mol. The molecule has 1 aliphatic rings. The zero-order valence-corrected chi connectivity index (χ0v) is 8.55. The van der Waals surface area contributed by atoms with E-state index in [-0.39, 0.29) is 12.0 Å². The minimum absolute atomic E-state index is 0.0867. The largest absolute Gasteiger partial charge is 0.327 e. The van der Waals surface area contributed by atoms with Crippen molar-refractivity contribution in [2.24, 2.45) is 5.73 Å². The van der Waals surface area contributed by atoms with Gasteiger partial charge in [-0.15, -0.1) is 0 Å². The first-order valence-electron chi connectivity index (χ1n) is 5.39. The molecule has 0 amide bonds. The second-order valence-electron chi connectivity index (χ2n) is 4.23. The van der Waals surface area contributed by atoms with E-state index in [4.69, 9.17) is 5.73 Å². The number of nitrogens with two attached hydrogens (primary N) is 1. The maximum absolute atomic E-state index is 13.0. The van der Waals surface area contributed by atoms with Crippen molar-refractivity contribution in [3.8, 4) is 0 Å². The number of halogens is 2. The topological polar surface area (TPSA) is 26.0 Å². The van der Waals surface area contributed by atoms with E-state index in [2.05, 4.69) is 0 Å². The van der Waals surface area contributed by atoms with Gasteiger partial charge in [0.2, 0.25) is 0 Å². The van der Waals surface area contributed by atoms with Crippen LogP contribution in [0, 0.1) is 11.6 Å². The summed E-state index contributed by atoms with van der Waals surface area (Å²) in [7, 11) is 0. The highest BCUT2D eigenvalue weighted by Gasteiger charge is 2.23. The van der Waals surface area contributed by atoms with Crippen LogP contribution >= 0.6 is 0 Å². The van der Waals surface area contributed by atoms with Gasteiger partial charge in [-0.3, -0.25) is 0 Å². The second kappa shape index (κ2) is 4.27. The van der Waals surface area contributed by atoms with E-state index in [1.165, 1.54) is 12.1 Å². The molecule has 1 aromatic carbocycles. The summed E-state index contributed by atoms with van der Waals surface area (Å²) in [4.78, 5) is 0. The Morgan fingerprint density at radius 1 is 1.07 bits per heavy atom. The van der Waals surface area contributed by atoms with E-state index in [9.17, 15) is 8.78 Å². The summed E-state index contributed by atoms with van der Waals surface area (Å²) in [6.45, 7) is 0. The van der Waals surface area contributed by atoms with Crippen molar-refractivity contribution < 1.29 is 8.78 Å². The third kappa shape index (κ3) is 2.17. The summed E-state index contributed by atoms with van der Waals surface area (Å²) >= 11 is 0. The molecule has 1 nitrogen and oxygen atoms in total. The molecule has 0 aliphatic heterocycles. The Labute approximate surface area is 88.3 Å². The predicted octanol–water partition coefficient (Wildman–Crippen LogP) is 2.95. The fourth-order valence-electron chi connectivity index (χ4n) is 2.32. The molecule has 0 saturated heterocycles. The second-order valence-corrected chi connectivity index (χ2v) is 4.23. The summed E-state index contributed by atoms with van der Waals surface area (Å²) in [6, 6.07) is 4.20. The molecule has 0 spiro atoms. The van der Waals surface area contributed by atoms with Crippen molar-refractivity contribution in [1.82, 2.24) is 0 Å². The van der Waals surface area contributed by atoms with Crippen LogP contribution in [0.4, 0.5) is 8.78 Å². The zero-order chi connectivity index (χ0) is 10.8. The van der Waals surface area contributed by atoms with E-state index in [0.29, 0.717) is 0 Å². The average Bonchev–Trinajstić information content (AvgIpc) is 2.23. The first-order valence-corrected chi connectivity index (χ1v) is 5.39. The van der Waals surface area contributed by atoms with Crippen molar-refractivity contribution in [3.63, 3.8) is 0 Å². The fourth-order valence-corrected chi connectivity index (χ4v) is 2.32. The lowest BCUT2D eigenvalue weighted by molar-refractivity contribution is 0.383. The Morgan fingerprint density at radius 2 is 1.80 bits per heavy atom. The van der Waals surface area contributed by atoms with Gasteiger partial charge >= 0.3 is 0 Å². The molecule has 3 heteroatoms. The highest BCUT2D eigenvalue weighted by molar-refractivity contribution is 5.23. The highest BCUT2D eigenvalue weighted by atomic mass is 19.2. The predicted molar refractivity (Wildman–Crippen MR) is 55.5 cm³/mol. The first-order chi connectivity index (χ1) is 7.18. The minimum Gasteiger partial charge on any atom is -0.327 e. The third-order valence-corrected chi connectivity index (χ3v) is 3.19. The molecule has 82 valence electrons. The Hall–Kier alpha value is -0.960. The summed E-state index contributed by atoms with van der Waals surface area (Å²) in [5, 5.41) is 0. The van der Waals surface area contributed by atoms with Crippen LogP contribution in [0.1, 0.15) is 37.2 Å². The van der Waals surface area contributed by atoms with E-state index in [1.807, 2.05) is 0 Å². The molecular formula is C12H15F2N. The van der Waals surface area contributed by atoms with E-state index >= 15 is 0 Å². The van der Waals surface area contributed by atoms with Crippen molar-refractivity contribution in [2.45, 2.75) is 37.6 Å². The molecule has 2 N–H and O–H groups in total. The number of benzene rings is 1. The zero-order valence-electron chi connectivity index (χ0n) is 8.55. The molecule has 2 unspecified atom stereocenters. The molecule has 1 aromatic rings. The summed E-state index contributed by atoms with van der Waals surface area (Å²) in [5.41, 5.74) is 6.82. The van der Waals surface area contributed by atoms with Crippen LogP contribution in [0.3, 0.4) is 0 Å². The van der Waals surface area contributed by atoms with Crippen LogP contribution in [0.5, 0.6) is 0 Å². The Balaban J connectivity index is 2.24. The maximum atomic E-state index is 13.0. The lowest BCUT2D eigenvalue weighted by Crippen LogP contribution is -2.31. The monoisotopic (exact) mass is 211 g/mol. The van der Waals surface area contributed by atoms with Gasteiger partial charge in [-0.2, -0.15) is 0 Å². The van der Waals surface area contributed by atoms with Crippen LogP contribution < -0.4 is 5.73 Å². The number of hydrogen-bond acceptors (Lipinski definition) is 1. The molecule has 1 saturated carbocycles. The van der Waals surface area contributed by atoms with Crippen LogP contribution in [-0.2, 0) is 0 Å². The SMILES string of the molecule is NC1CCCCC1c1ccc(F)c(F)c1. The molecule has 2 atom stereocenters. The van der Waals surface area contributed by atoms with Gasteiger partial charge in [0.1, 0.15) is 0 Å². The molecular weight excluding hydrogens is 196 g/mol. The van der Waals surface area contributed by atoms with Gasteiger partial charge in [0, 0.05) is 6.04 Å². The minimum atomic E-state index is -0.789. The molecule has 0 aromatic heterocycles. The Morgan fingerprint density at radius 3 is 2.47 bits per heavy atom. The molecule has 1 aliphatic carbocycles. The van der Waals surface area contributed by atoms with Gasteiger partial charge in [0.25, 0.3) is 0 Å². The van der Waals surface area contributed by atoms with Gasteiger partial charge < -0.3 is 5.73 Å². The van der Waals surface area contributed by atoms with E-state index in [0.717, 1.165) is 31.2 Å². The molecule has 0 heterocycles. The lowest BCUT2D eigenvalue weighted by atomic mass is 9.80. The van der Waals surface area contributed by atoms with Gasteiger partial charge in [0.15, 0.2) is 11.6 Å². The fraction of sp³-hybridized carbons (Fsp3) is 0.500. The van der Waals surface area contributed by atoms with Crippen LogP contribution in [0.2, 0.25) is 0 Å². The lowest BCUT2D eigenvalue weighted by Gasteiger charge is -2.28. The first kappa shape index (κ1) is 10.6. The van der Waals surface area contributed by atoms with Crippen LogP contribution in [-0.4, -0.2) is 6.04 Å². The van der Waals surface area contributed by atoms with Gasteiger partial charge in [-0.05, 0) is 36.5 Å². The Kier molecular flexibility index (Phi) is 3.00. The summed E-state index contributed by atoms with van der Waals surface area (Å²) < 4.78 is 25.8. The van der Waals surface area contributed by atoms with Crippen molar-refractivity contribution >= 4 is 0 Å². The molecule has 1 fully saturated rings. The number of hydrogen-bond donors (Lipinski definition) is 1. The summed E-state index contributed by atoms with van der Waals surface area (Å²) in [5.74, 6) is -1.37. The van der Waals surface area contributed by atoms with E-state index < -0.39 is 11.6 Å². The van der Waals surface area contributed by atoms with Crippen molar-refractivity contribution in [3.05, 3.63) is 35.4 Å². The highest BCUT2D eigenvalue weighted by Crippen LogP contribution is 2.32. The molecule has 0 radical (unpaired) electrons. The maximum Gasteiger partial charge on any atom is 0.159 e. The van der Waals surface area contributed by atoms with E-state index in [1.54, 1.807) is 6.07 Å². The standard InChI is InChI=1S/C12H15F2N/c13-10-6-5-8(7-11(10)14)9-3-1-2-4-12(9)15/h5-7,9,12H,1-4,15H2. The van der Waals surface area contributed by atoms with Crippen LogP contribution in [0.15, 0.2) is 18.2 Å².